The highest BCUT2D eigenvalue weighted by molar-refractivity contribution is 6.43. The smallest absolute Gasteiger partial charge is 0.238 e. The molecule has 1 rings (SSSR count). The molecule has 0 bridgehead atoms. The van der Waals surface area contributed by atoms with Crippen molar-refractivity contribution in [3.63, 3.8) is 0 Å². The van der Waals surface area contributed by atoms with E-state index in [4.69, 9.17) is 23.2 Å². The summed E-state index contributed by atoms with van der Waals surface area (Å²) in [6, 6.07) is 5.17. The van der Waals surface area contributed by atoms with E-state index < -0.39 is 0 Å². The van der Waals surface area contributed by atoms with Crippen molar-refractivity contribution < 1.29 is 4.79 Å². The molecule has 1 amide bonds. The van der Waals surface area contributed by atoms with Crippen LogP contribution in [-0.2, 0) is 4.79 Å². The minimum Gasteiger partial charge on any atom is -0.324 e. The van der Waals surface area contributed by atoms with Crippen LogP contribution in [0.25, 0.3) is 0 Å². The summed E-state index contributed by atoms with van der Waals surface area (Å²) in [4.78, 5) is 13.8. The topological polar surface area (TPSA) is 32.3 Å². The molecule has 0 aliphatic heterocycles. The van der Waals surface area contributed by atoms with E-state index in [1.165, 1.54) is 0 Å². The van der Waals surface area contributed by atoms with Gasteiger partial charge in [0, 0.05) is 0 Å². The molecular formula is C12H16Cl2N2O. The van der Waals surface area contributed by atoms with Crippen LogP contribution in [0.4, 0.5) is 5.69 Å². The van der Waals surface area contributed by atoms with Crippen LogP contribution >= 0.6 is 23.2 Å². The SMILES string of the molecule is CCN(CC)CC(=O)Nc1cccc(Cl)c1Cl. The fourth-order valence-corrected chi connectivity index (χ4v) is 1.79. The molecule has 0 atom stereocenters. The number of nitrogens with one attached hydrogen (secondary N) is 1. The van der Waals surface area contributed by atoms with E-state index in [1.807, 2.05) is 18.7 Å². The molecular weight excluding hydrogens is 259 g/mol. The Kier molecular flexibility index (Phi) is 5.75. The van der Waals surface area contributed by atoms with E-state index in [0.29, 0.717) is 22.3 Å². The Balaban J connectivity index is 2.65. The minimum absolute atomic E-state index is 0.0853. The number of carbonyl (C=O) groups is 1. The molecule has 0 saturated carbocycles. The Morgan fingerprint density at radius 3 is 2.53 bits per heavy atom. The number of likely N-dealkylation sites (N-methyl/N-ethyl adjacent to an activating group) is 1. The lowest BCUT2D eigenvalue weighted by atomic mass is 10.3. The molecule has 94 valence electrons. The van der Waals surface area contributed by atoms with Crippen molar-refractivity contribution in [1.82, 2.24) is 4.90 Å². The van der Waals surface area contributed by atoms with Gasteiger partial charge >= 0.3 is 0 Å². The summed E-state index contributed by atoms with van der Waals surface area (Å²) in [7, 11) is 0. The number of benzene rings is 1. The van der Waals surface area contributed by atoms with Gasteiger partial charge in [0.15, 0.2) is 0 Å². The first kappa shape index (κ1) is 14.3. The van der Waals surface area contributed by atoms with Crippen molar-refractivity contribution in [3.8, 4) is 0 Å². The molecule has 1 aromatic rings. The molecule has 0 unspecified atom stereocenters. The highest BCUT2D eigenvalue weighted by atomic mass is 35.5. The number of carbonyl (C=O) groups excluding carboxylic acids is 1. The maximum atomic E-state index is 11.7. The maximum Gasteiger partial charge on any atom is 0.238 e. The average molecular weight is 275 g/mol. The summed E-state index contributed by atoms with van der Waals surface area (Å²) < 4.78 is 0. The number of nitrogens with zero attached hydrogens (tertiary/aromatic N) is 1. The molecule has 0 aromatic heterocycles. The first-order valence-corrected chi connectivity index (χ1v) is 6.30. The van der Waals surface area contributed by atoms with Crippen LogP contribution in [0.15, 0.2) is 18.2 Å². The molecule has 1 N–H and O–H groups in total. The number of halogens is 2. The summed E-state index contributed by atoms with van der Waals surface area (Å²) in [6.45, 7) is 6.07. The third-order valence-electron chi connectivity index (χ3n) is 2.49. The summed E-state index contributed by atoms with van der Waals surface area (Å²) in [6.07, 6.45) is 0. The molecule has 0 radical (unpaired) electrons. The van der Waals surface area contributed by atoms with Gasteiger partial charge in [-0.3, -0.25) is 9.69 Å². The van der Waals surface area contributed by atoms with Crippen molar-refractivity contribution >= 4 is 34.8 Å². The van der Waals surface area contributed by atoms with Gasteiger partial charge in [-0.05, 0) is 25.2 Å². The molecule has 1 aromatic carbocycles. The monoisotopic (exact) mass is 274 g/mol. The van der Waals surface area contributed by atoms with Gasteiger partial charge in [-0.15, -0.1) is 0 Å². The Morgan fingerprint density at radius 2 is 1.94 bits per heavy atom. The maximum absolute atomic E-state index is 11.7. The molecule has 0 heterocycles. The number of amides is 1. The molecule has 0 fully saturated rings. The van der Waals surface area contributed by atoms with E-state index in [2.05, 4.69) is 5.32 Å². The predicted octanol–water partition coefficient (Wildman–Crippen LogP) is 3.27. The van der Waals surface area contributed by atoms with Crippen molar-refractivity contribution in [2.24, 2.45) is 0 Å². The summed E-state index contributed by atoms with van der Waals surface area (Å²) in [5.41, 5.74) is 0.552. The average Bonchev–Trinajstić information content (AvgIpc) is 2.32. The first-order valence-electron chi connectivity index (χ1n) is 5.54. The highest BCUT2D eigenvalue weighted by Crippen LogP contribution is 2.29. The molecule has 0 aliphatic rings. The van der Waals surface area contributed by atoms with Crippen LogP contribution in [0.1, 0.15) is 13.8 Å². The number of anilines is 1. The fourth-order valence-electron chi connectivity index (χ4n) is 1.44. The standard InChI is InChI=1S/C12H16Cl2N2O/c1-3-16(4-2)8-11(17)15-10-7-5-6-9(13)12(10)14/h5-7H,3-4,8H2,1-2H3,(H,15,17). The molecule has 17 heavy (non-hydrogen) atoms. The Bertz CT molecular complexity index is 392. The molecule has 0 saturated heterocycles. The summed E-state index contributed by atoms with van der Waals surface area (Å²) in [5, 5.41) is 3.57. The van der Waals surface area contributed by atoms with Crippen molar-refractivity contribution in [2.45, 2.75) is 13.8 Å². The van der Waals surface area contributed by atoms with Crippen LogP contribution in [0.5, 0.6) is 0 Å². The minimum atomic E-state index is -0.0853. The molecule has 0 spiro atoms. The van der Waals surface area contributed by atoms with Gasteiger partial charge < -0.3 is 5.32 Å². The second-order valence-electron chi connectivity index (χ2n) is 3.61. The van der Waals surface area contributed by atoms with E-state index >= 15 is 0 Å². The van der Waals surface area contributed by atoms with Crippen LogP contribution in [-0.4, -0.2) is 30.4 Å². The lowest BCUT2D eigenvalue weighted by Crippen LogP contribution is -2.32. The van der Waals surface area contributed by atoms with E-state index in [0.717, 1.165) is 13.1 Å². The molecule has 3 nitrogen and oxygen atoms in total. The van der Waals surface area contributed by atoms with E-state index in [1.54, 1.807) is 18.2 Å². The third kappa shape index (κ3) is 4.19. The summed E-state index contributed by atoms with van der Waals surface area (Å²) in [5.74, 6) is -0.0853. The van der Waals surface area contributed by atoms with E-state index in [-0.39, 0.29) is 5.91 Å². The quantitative estimate of drug-likeness (QED) is 0.894. The summed E-state index contributed by atoms with van der Waals surface area (Å²) >= 11 is 11.8. The van der Waals surface area contributed by atoms with Crippen LogP contribution in [0, 0.1) is 0 Å². The van der Waals surface area contributed by atoms with Crippen LogP contribution in [0.3, 0.4) is 0 Å². The van der Waals surface area contributed by atoms with Crippen molar-refractivity contribution in [2.75, 3.05) is 25.0 Å². The number of rotatable bonds is 5. The molecule has 5 heteroatoms. The van der Waals surface area contributed by atoms with Gasteiger partial charge in [0.05, 0.1) is 22.3 Å². The lowest BCUT2D eigenvalue weighted by Gasteiger charge is -2.17. The van der Waals surface area contributed by atoms with Crippen LogP contribution in [0.2, 0.25) is 10.0 Å². The largest absolute Gasteiger partial charge is 0.324 e. The van der Waals surface area contributed by atoms with Crippen molar-refractivity contribution in [3.05, 3.63) is 28.2 Å². The normalized spacial score (nSPS) is 10.6. The zero-order chi connectivity index (χ0) is 12.8. The Hall–Kier alpha value is -0.770. The van der Waals surface area contributed by atoms with Gasteiger partial charge in [0.2, 0.25) is 5.91 Å². The lowest BCUT2D eigenvalue weighted by molar-refractivity contribution is -0.117. The first-order chi connectivity index (χ1) is 8.08. The molecule has 0 aliphatic carbocycles. The second-order valence-corrected chi connectivity index (χ2v) is 4.40. The van der Waals surface area contributed by atoms with Crippen LogP contribution < -0.4 is 5.32 Å². The van der Waals surface area contributed by atoms with Gasteiger partial charge in [0.25, 0.3) is 0 Å². The van der Waals surface area contributed by atoms with Gasteiger partial charge in [-0.1, -0.05) is 43.1 Å². The Morgan fingerprint density at radius 1 is 1.29 bits per heavy atom. The number of hydrogen-bond donors (Lipinski definition) is 1. The van der Waals surface area contributed by atoms with Crippen molar-refractivity contribution in [1.29, 1.82) is 0 Å². The predicted molar refractivity (Wildman–Crippen MR) is 72.9 cm³/mol. The third-order valence-corrected chi connectivity index (χ3v) is 3.31. The van der Waals surface area contributed by atoms with Gasteiger partial charge in [-0.25, -0.2) is 0 Å². The Labute approximate surface area is 112 Å². The zero-order valence-electron chi connectivity index (χ0n) is 9.96. The highest BCUT2D eigenvalue weighted by Gasteiger charge is 2.10. The van der Waals surface area contributed by atoms with Gasteiger partial charge in [0.1, 0.15) is 0 Å². The zero-order valence-corrected chi connectivity index (χ0v) is 11.5. The van der Waals surface area contributed by atoms with E-state index in [9.17, 15) is 4.79 Å². The number of hydrogen-bond acceptors (Lipinski definition) is 2. The van der Waals surface area contributed by atoms with Gasteiger partial charge in [-0.2, -0.15) is 0 Å². The fraction of sp³-hybridized carbons (Fsp3) is 0.417. The second kappa shape index (κ2) is 6.84.